The van der Waals surface area contributed by atoms with E-state index >= 15 is 0 Å². The van der Waals surface area contributed by atoms with E-state index in [1.807, 2.05) is 0 Å². The van der Waals surface area contributed by atoms with E-state index in [2.05, 4.69) is 0 Å². The molecule has 0 fully saturated rings. The predicted molar refractivity (Wildman–Crippen MR) is 24.4 cm³/mol. The molecule has 0 saturated carbocycles. The molecule has 1 radical (unpaired) electrons. The molecule has 0 spiro atoms. The van der Waals surface area contributed by atoms with Crippen molar-refractivity contribution < 1.29 is 13.0 Å². The van der Waals surface area contributed by atoms with Crippen LogP contribution >= 0.6 is 0 Å². The van der Waals surface area contributed by atoms with Gasteiger partial charge in [-0.25, -0.2) is 0 Å². The summed E-state index contributed by atoms with van der Waals surface area (Å²) in [5, 5.41) is 0. The molecule has 0 unspecified atom stereocenters. The predicted octanol–water partition coefficient (Wildman–Crippen LogP) is -0.843. The maximum Gasteiger partial charge on any atom is 0.266 e. The first-order chi connectivity index (χ1) is 3.06. The molecule has 0 aromatic carbocycles. The maximum atomic E-state index is 9.67. The highest BCUT2D eigenvalue weighted by molar-refractivity contribution is 7.85. The molecular weight excluding hydrogens is 118 g/mol. The van der Waals surface area contributed by atoms with Gasteiger partial charge in [0.1, 0.15) is 0 Å². The Morgan fingerprint density at radius 2 is 2.00 bits per heavy atom. The topological polar surface area (TPSA) is 78.2 Å². The summed E-state index contributed by atoms with van der Waals surface area (Å²) in [4.78, 5) is 0. The number of hydrogen-bond donors (Lipinski definition) is 1. The van der Waals surface area contributed by atoms with Crippen molar-refractivity contribution in [2.45, 2.75) is 0 Å². The number of rotatable bonds is 2. The van der Waals surface area contributed by atoms with Gasteiger partial charge in [-0.05, 0) is 0 Å². The summed E-state index contributed by atoms with van der Waals surface area (Å²) in [5.74, 6) is -0.465. The fourth-order valence-corrected chi connectivity index (χ4v) is 0.387. The van der Waals surface area contributed by atoms with Gasteiger partial charge in [-0.2, -0.15) is 8.42 Å². The molecule has 0 rings (SSSR count). The lowest BCUT2D eigenvalue weighted by Crippen LogP contribution is -2.07. The summed E-state index contributed by atoms with van der Waals surface area (Å²) in [5.41, 5.74) is 6.32. The highest BCUT2D eigenvalue weighted by Crippen LogP contribution is 1.75. The summed E-state index contributed by atoms with van der Waals surface area (Å²) >= 11 is 0. The third-order valence-electron chi connectivity index (χ3n) is 0.360. The SMILES string of the molecule is [NH]CCS(=O)(=O)O. The van der Waals surface area contributed by atoms with Crippen molar-refractivity contribution in [3.8, 4) is 0 Å². The van der Waals surface area contributed by atoms with Gasteiger partial charge >= 0.3 is 0 Å². The van der Waals surface area contributed by atoms with Crippen LogP contribution in [0.5, 0.6) is 0 Å². The Bertz CT molecular complexity index is 126. The van der Waals surface area contributed by atoms with Gasteiger partial charge in [0.15, 0.2) is 0 Å². The molecule has 7 heavy (non-hydrogen) atoms. The first kappa shape index (κ1) is 6.87. The van der Waals surface area contributed by atoms with Gasteiger partial charge in [0.2, 0.25) is 0 Å². The first-order valence-corrected chi connectivity index (χ1v) is 3.27. The maximum absolute atomic E-state index is 9.67. The molecule has 0 amide bonds. The molecule has 0 bridgehead atoms. The van der Waals surface area contributed by atoms with E-state index in [1.165, 1.54) is 0 Å². The van der Waals surface area contributed by atoms with Crippen LogP contribution in [0.2, 0.25) is 0 Å². The minimum atomic E-state index is -3.86. The van der Waals surface area contributed by atoms with Crippen LogP contribution in [0.3, 0.4) is 0 Å². The largest absolute Gasteiger partial charge is 0.286 e. The summed E-state index contributed by atoms with van der Waals surface area (Å²) < 4.78 is 27.2. The Morgan fingerprint density at radius 1 is 1.57 bits per heavy atom. The summed E-state index contributed by atoms with van der Waals surface area (Å²) in [6, 6.07) is 0. The molecule has 2 N–H and O–H groups in total. The van der Waals surface area contributed by atoms with Crippen LogP contribution in [0.25, 0.3) is 0 Å². The van der Waals surface area contributed by atoms with Gasteiger partial charge < -0.3 is 0 Å². The Labute approximate surface area is 42.1 Å². The molecule has 0 saturated heterocycles. The molecule has 5 heteroatoms. The zero-order chi connectivity index (χ0) is 5.91. The summed E-state index contributed by atoms with van der Waals surface area (Å²) in [6.45, 7) is -0.279. The number of hydrogen-bond acceptors (Lipinski definition) is 2. The number of nitrogens with one attached hydrogen (secondary N) is 1. The Hall–Kier alpha value is -0.130. The van der Waals surface area contributed by atoms with Crippen molar-refractivity contribution in [2.75, 3.05) is 12.3 Å². The molecule has 0 heterocycles. The second-order valence-corrected chi connectivity index (χ2v) is 2.61. The molecule has 4 nitrogen and oxygen atoms in total. The summed E-state index contributed by atoms with van der Waals surface area (Å²) in [7, 11) is -3.86. The van der Waals surface area contributed by atoms with Crippen LogP contribution in [0.15, 0.2) is 0 Å². The molecule has 0 aliphatic rings. The van der Waals surface area contributed by atoms with Crippen LogP contribution in [0, 0.1) is 0 Å². The summed E-state index contributed by atoms with van der Waals surface area (Å²) in [6.07, 6.45) is 0. The lowest BCUT2D eigenvalue weighted by molar-refractivity contribution is 0.483. The molecule has 0 aromatic rings. The van der Waals surface area contributed by atoms with Crippen LogP contribution in [-0.4, -0.2) is 25.3 Å². The van der Waals surface area contributed by atoms with Crippen molar-refractivity contribution in [2.24, 2.45) is 0 Å². The quantitative estimate of drug-likeness (QED) is 0.487. The van der Waals surface area contributed by atoms with Gasteiger partial charge in [0.25, 0.3) is 10.1 Å². The third kappa shape index (κ3) is 5.87. The van der Waals surface area contributed by atoms with Gasteiger partial charge in [-0.15, -0.1) is 0 Å². The normalized spacial score (nSPS) is 11.7. The van der Waals surface area contributed by atoms with Gasteiger partial charge in [0, 0.05) is 6.54 Å². The minimum absolute atomic E-state index is 0.279. The lowest BCUT2D eigenvalue weighted by Gasteiger charge is -1.85. The van der Waals surface area contributed by atoms with E-state index in [-0.39, 0.29) is 6.54 Å². The zero-order valence-corrected chi connectivity index (χ0v) is 4.40. The van der Waals surface area contributed by atoms with E-state index in [0.717, 1.165) is 0 Å². The van der Waals surface area contributed by atoms with Crippen molar-refractivity contribution in [3.05, 3.63) is 0 Å². The van der Waals surface area contributed by atoms with Crippen molar-refractivity contribution >= 4 is 10.1 Å². The van der Waals surface area contributed by atoms with E-state index < -0.39 is 15.9 Å². The van der Waals surface area contributed by atoms with E-state index in [4.69, 9.17) is 10.3 Å². The van der Waals surface area contributed by atoms with Crippen LogP contribution in [0.4, 0.5) is 0 Å². The second kappa shape index (κ2) is 2.25. The van der Waals surface area contributed by atoms with Gasteiger partial charge in [-0.3, -0.25) is 10.3 Å². The van der Waals surface area contributed by atoms with Crippen molar-refractivity contribution in [1.29, 1.82) is 0 Å². The highest BCUT2D eigenvalue weighted by Gasteiger charge is 1.98. The standard InChI is InChI=1S/C2H6NO3S/c3-1-2-7(4,5)6/h3H,1-2H2,(H,4,5,6). The molecule has 0 aromatic heterocycles. The van der Waals surface area contributed by atoms with Crippen LogP contribution < -0.4 is 5.73 Å². The fraction of sp³-hybridized carbons (Fsp3) is 1.00. The van der Waals surface area contributed by atoms with E-state index in [1.54, 1.807) is 0 Å². The molecule has 0 aliphatic heterocycles. The molecule has 0 aliphatic carbocycles. The smallest absolute Gasteiger partial charge is 0.266 e. The lowest BCUT2D eigenvalue weighted by atomic mass is 10.8. The van der Waals surface area contributed by atoms with Gasteiger partial charge in [0.05, 0.1) is 5.75 Å². The molecular formula is C2H6NO3S. The minimum Gasteiger partial charge on any atom is -0.286 e. The molecule has 43 valence electrons. The Morgan fingerprint density at radius 3 is 2.00 bits per heavy atom. The van der Waals surface area contributed by atoms with Crippen molar-refractivity contribution in [1.82, 2.24) is 5.73 Å². The highest BCUT2D eigenvalue weighted by atomic mass is 32.2. The van der Waals surface area contributed by atoms with E-state index in [0.29, 0.717) is 0 Å². The zero-order valence-electron chi connectivity index (χ0n) is 3.59. The van der Waals surface area contributed by atoms with Crippen LogP contribution in [0.1, 0.15) is 0 Å². The average molecular weight is 124 g/mol. The van der Waals surface area contributed by atoms with Crippen molar-refractivity contribution in [3.63, 3.8) is 0 Å². The Kier molecular flexibility index (Phi) is 2.21. The van der Waals surface area contributed by atoms with Crippen LogP contribution in [-0.2, 0) is 10.1 Å². The fourth-order valence-electron chi connectivity index (χ4n) is 0.129. The average Bonchev–Trinajstić information content (AvgIpc) is 1.30. The Balaban J connectivity index is 3.60. The second-order valence-electron chi connectivity index (χ2n) is 1.04. The van der Waals surface area contributed by atoms with E-state index in [9.17, 15) is 8.42 Å². The first-order valence-electron chi connectivity index (χ1n) is 1.66. The monoisotopic (exact) mass is 124 g/mol. The third-order valence-corrected chi connectivity index (χ3v) is 1.08. The van der Waals surface area contributed by atoms with Gasteiger partial charge in [-0.1, -0.05) is 0 Å². The molecule has 0 atom stereocenters.